The van der Waals surface area contributed by atoms with Crippen molar-refractivity contribution >= 4 is 18.0 Å². The summed E-state index contributed by atoms with van der Waals surface area (Å²) in [6.07, 6.45) is 1.36. The van der Waals surface area contributed by atoms with Gasteiger partial charge in [0.15, 0.2) is 11.5 Å². The number of carbonyl (C=O) groups is 2. The van der Waals surface area contributed by atoms with Crippen LogP contribution in [0.15, 0.2) is 23.3 Å². The number of nitrogens with one attached hydrogen (secondary N) is 2. The highest BCUT2D eigenvalue weighted by Gasteiger charge is 2.14. The van der Waals surface area contributed by atoms with Crippen LogP contribution in [0.1, 0.15) is 12.5 Å². The average Bonchev–Trinajstić information content (AvgIpc) is 2.65. The summed E-state index contributed by atoms with van der Waals surface area (Å²) in [5.41, 5.74) is 2.78. The molecular weight excluding hydrogens is 340 g/mol. The Hall–Kier alpha value is -2.65. The van der Waals surface area contributed by atoms with Crippen molar-refractivity contribution in [1.82, 2.24) is 15.6 Å². The summed E-state index contributed by atoms with van der Waals surface area (Å²) < 4.78 is 10.5. The molecule has 0 saturated carbocycles. The van der Waals surface area contributed by atoms with Crippen LogP contribution in [-0.4, -0.2) is 74.0 Å². The van der Waals surface area contributed by atoms with Gasteiger partial charge in [0, 0.05) is 26.2 Å². The van der Waals surface area contributed by atoms with Gasteiger partial charge in [0.25, 0.3) is 0 Å². The third-order valence-electron chi connectivity index (χ3n) is 3.69. The maximum atomic E-state index is 11.7. The smallest absolute Gasteiger partial charge is 0.329 e. The Morgan fingerprint density at radius 3 is 2.85 bits per heavy atom. The summed E-state index contributed by atoms with van der Waals surface area (Å²) in [6.45, 7) is 6.28. The maximum Gasteiger partial charge on any atom is 0.329 e. The Bertz CT molecular complexity index is 644. The van der Waals surface area contributed by atoms with Gasteiger partial charge in [-0.15, -0.1) is 0 Å². The zero-order valence-electron chi connectivity index (χ0n) is 14.7. The molecule has 0 aliphatic carbocycles. The minimum atomic E-state index is -0.841. The van der Waals surface area contributed by atoms with E-state index in [0.29, 0.717) is 44.2 Å². The molecule has 1 saturated heterocycles. The van der Waals surface area contributed by atoms with Gasteiger partial charge in [-0.2, -0.15) is 5.10 Å². The molecule has 1 fully saturated rings. The number of phenols is 1. The molecule has 2 amide bonds. The van der Waals surface area contributed by atoms with Crippen molar-refractivity contribution in [3.63, 3.8) is 0 Å². The van der Waals surface area contributed by atoms with E-state index >= 15 is 0 Å². The number of morpholine rings is 1. The molecule has 0 aromatic heterocycles. The number of aromatic hydroxyl groups is 1. The molecule has 2 rings (SSSR count). The molecule has 1 heterocycles. The molecule has 9 heteroatoms. The second-order valence-corrected chi connectivity index (χ2v) is 5.57. The first-order valence-electron chi connectivity index (χ1n) is 8.47. The van der Waals surface area contributed by atoms with Crippen molar-refractivity contribution in [2.24, 2.45) is 5.10 Å². The minimum Gasteiger partial charge on any atom is -0.504 e. The fourth-order valence-electron chi connectivity index (χ4n) is 2.33. The Balaban J connectivity index is 1.73. The number of rotatable bonds is 7. The van der Waals surface area contributed by atoms with Gasteiger partial charge in [0.2, 0.25) is 0 Å². The number of ether oxygens (including phenoxy) is 2. The van der Waals surface area contributed by atoms with Gasteiger partial charge in [0.1, 0.15) is 0 Å². The van der Waals surface area contributed by atoms with Crippen LogP contribution >= 0.6 is 0 Å². The number of phenolic OH excluding ortho intramolecular Hbond substituents is 1. The van der Waals surface area contributed by atoms with Crippen LogP contribution in [0.4, 0.5) is 0 Å². The number of hydrogen-bond acceptors (Lipinski definition) is 7. The van der Waals surface area contributed by atoms with E-state index in [0.717, 1.165) is 13.1 Å². The molecular formula is C17H24N4O5. The minimum absolute atomic E-state index is 0.0210. The molecule has 0 spiro atoms. The second-order valence-electron chi connectivity index (χ2n) is 5.57. The van der Waals surface area contributed by atoms with Crippen molar-refractivity contribution in [2.75, 3.05) is 46.0 Å². The lowest BCUT2D eigenvalue weighted by molar-refractivity contribution is -0.139. The first-order chi connectivity index (χ1) is 12.6. The predicted molar refractivity (Wildman–Crippen MR) is 95.3 cm³/mol. The van der Waals surface area contributed by atoms with Crippen LogP contribution in [0.3, 0.4) is 0 Å². The van der Waals surface area contributed by atoms with Gasteiger partial charge in [-0.25, -0.2) is 5.43 Å². The van der Waals surface area contributed by atoms with Crippen LogP contribution in [0, 0.1) is 0 Å². The molecule has 0 bridgehead atoms. The normalized spacial score (nSPS) is 15.0. The van der Waals surface area contributed by atoms with E-state index in [1.807, 2.05) is 0 Å². The third-order valence-corrected chi connectivity index (χ3v) is 3.69. The summed E-state index contributed by atoms with van der Waals surface area (Å²) >= 11 is 0. The number of nitrogens with zero attached hydrogens (tertiary/aromatic N) is 2. The average molecular weight is 364 g/mol. The highest BCUT2D eigenvalue weighted by atomic mass is 16.5. The van der Waals surface area contributed by atoms with Crippen molar-refractivity contribution in [3.05, 3.63) is 23.8 Å². The Labute approximate surface area is 152 Å². The van der Waals surface area contributed by atoms with Gasteiger partial charge < -0.3 is 19.9 Å². The number of amides is 2. The van der Waals surface area contributed by atoms with Crippen molar-refractivity contribution in [1.29, 1.82) is 0 Å². The first kappa shape index (κ1) is 19.7. The van der Waals surface area contributed by atoms with Crippen LogP contribution in [-0.2, 0) is 14.3 Å². The lowest BCUT2D eigenvalue weighted by Crippen LogP contribution is -2.44. The molecule has 26 heavy (non-hydrogen) atoms. The van der Waals surface area contributed by atoms with Gasteiger partial charge in [-0.3, -0.25) is 14.5 Å². The summed E-state index contributed by atoms with van der Waals surface area (Å²) in [5, 5.41) is 15.9. The number of benzene rings is 1. The lowest BCUT2D eigenvalue weighted by atomic mass is 10.2. The highest BCUT2D eigenvalue weighted by Crippen LogP contribution is 2.26. The van der Waals surface area contributed by atoms with E-state index < -0.39 is 11.8 Å². The van der Waals surface area contributed by atoms with Crippen LogP contribution < -0.4 is 15.5 Å². The summed E-state index contributed by atoms with van der Waals surface area (Å²) in [7, 11) is 0. The first-order valence-corrected chi connectivity index (χ1v) is 8.47. The largest absolute Gasteiger partial charge is 0.504 e. The van der Waals surface area contributed by atoms with E-state index in [2.05, 4.69) is 20.7 Å². The Kier molecular flexibility index (Phi) is 7.84. The fraction of sp³-hybridized carbons (Fsp3) is 0.471. The highest BCUT2D eigenvalue weighted by molar-refractivity contribution is 6.35. The van der Waals surface area contributed by atoms with E-state index in [9.17, 15) is 14.7 Å². The Morgan fingerprint density at radius 1 is 1.35 bits per heavy atom. The second kappa shape index (κ2) is 10.4. The van der Waals surface area contributed by atoms with Gasteiger partial charge in [0.05, 0.1) is 26.0 Å². The number of hydrogen-bond donors (Lipinski definition) is 3. The molecule has 0 radical (unpaired) electrons. The standard InChI is InChI=1S/C17H24N4O5/c1-2-26-15-11-13(3-4-14(15)22)12-19-20-17(24)16(23)18-5-6-21-7-9-25-10-8-21/h3-4,11-12,22H,2,5-10H2,1H3,(H,18,23)(H,20,24)/b19-12-. The molecule has 0 atom stereocenters. The monoisotopic (exact) mass is 364 g/mol. The van der Waals surface area contributed by atoms with Gasteiger partial charge >= 0.3 is 11.8 Å². The molecule has 3 N–H and O–H groups in total. The topological polar surface area (TPSA) is 112 Å². The maximum absolute atomic E-state index is 11.7. The number of hydrazone groups is 1. The van der Waals surface area contributed by atoms with Crippen molar-refractivity contribution in [2.45, 2.75) is 6.92 Å². The van der Waals surface area contributed by atoms with E-state index in [1.54, 1.807) is 19.1 Å². The van der Waals surface area contributed by atoms with Crippen LogP contribution in [0.2, 0.25) is 0 Å². The van der Waals surface area contributed by atoms with E-state index in [-0.39, 0.29) is 5.75 Å². The molecule has 142 valence electrons. The van der Waals surface area contributed by atoms with Crippen LogP contribution in [0.5, 0.6) is 11.5 Å². The molecule has 1 aromatic carbocycles. The van der Waals surface area contributed by atoms with Crippen molar-refractivity contribution in [3.8, 4) is 11.5 Å². The molecule has 9 nitrogen and oxygen atoms in total. The fourth-order valence-corrected chi connectivity index (χ4v) is 2.33. The summed E-state index contributed by atoms with van der Waals surface area (Å²) in [4.78, 5) is 25.6. The van der Waals surface area contributed by atoms with E-state index in [4.69, 9.17) is 9.47 Å². The number of carbonyl (C=O) groups excluding carboxylic acids is 2. The molecule has 0 unspecified atom stereocenters. The quantitative estimate of drug-likeness (QED) is 0.348. The van der Waals surface area contributed by atoms with Crippen LogP contribution in [0.25, 0.3) is 0 Å². The predicted octanol–water partition coefficient (Wildman–Crippen LogP) is -0.311. The zero-order valence-corrected chi connectivity index (χ0v) is 14.7. The summed E-state index contributed by atoms with van der Waals surface area (Å²) in [6, 6.07) is 4.65. The SMILES string of the molecule is CCOc1cc(/C=N\NC(=O)C(=O)NCCN2CCOCC2)ccc1O. The molecule has 1 aromatic rings. The van der Waals surface area contributed by atoms with Gasteiger partial charge in [-0.1, -0.05) is 0 Å². The van der Waals surface area contributed by atoms with E-state index in [1.165, 1.54) is 12.3 Å². The van der Waals surface area contributed by atoms with Gasteiger partial charge in [-0.05, 0) is 30.7 Å². The molecule has 1 aliphatic heterocycles. The zero-order chi connectivity index (χ0) is 18.8. The third kappa shape index (κ3) is 6.34. The lowest BCUT2D eigenvalue weighted by Gasteiger charge is -2.26. The van der Waals surface area contributed by atoms with Crippen molar-refractivity contribution < 1.29 is 24.2 Å². The summed E-state index contributed by atoms with van der Waals surface area (Å²) in [5.74, 6) is -1.24. The molecule has 1 aliphatic rings. The Morgan fingerprint density at radius 2 is 2.12 bits per heavy atom.